The summed E-state index contributed by atoms with van der Waals surface area (Å²) >= 11 is 0. The monoisotopic (exact) mass is 556 g/mol. The first-order chi connectivity index (χ1) is 19.3. The molecule has 0 spiro atoms. The molecule has 1 aromatic heterocycles. The molecular formula is C30H35F3N4O3. The molecule has 6 rings (SSSR count). The Kier molecular flexibility index (Phi) is 7.48. The van der Waals surface area contributed by atoms with Crippen LogP contribution < -0.4 is 10.1 Å². The van der Waals surface area contributed by atoms with Crippen molar-refractivity contribution in [1.29, 1.82) is 0 Å². The third-order valence-electron chi connectivity index (χ3n) is 8.38. The number of hydrogen-bond acceptors (Lipinski definition) is 6. The Bertz CT molecular complexity index is 1290. The highest BCUT2D eigenvalue weighted by Gasteiger charge is 2.40. The molecule has 2 aromatic rings. The molecule has 2 saturated heterocycles. The smallest absolute Gasteiger partial charge is 0.416 e. The zero-order valence-corrected chi connectivity index (χ0v) is 22.7. The van der Waals surface area contributed by atoms with Crippen LogP contribution >= 0.6 is 0 Å². The molecule has 10 heteroatoms. The van der Waals surface area contributed by atoms with E-state index in [4.69, 9.17) is 9.47 Å². The lowest BCUT2D eigenvalue weighted by Gasteiger charge is -2.40. The van der Waals surface area contributed by atoms with Gasteiger partial charge >= 0.3 is 6.18 Å². The molecule has 0 unspecified atom stereocenters. The molecule has 1 aromatic carbocycles. The zero-order chi connectivity index (χ0) is 27.9. The number of anilines is 1. The molecule has 1 saturated carbocycles. The summed E-state index contributed by atoms with van der Waals surface area (Å²) in [6.45, 7) is 4.89. The van der Waals surface area contributed by atoms with Crippen molar-refractivity contribution in [2.24, 2.45) is 0 Å². The second-order valence-electron chi connectivity index (χ2n) is 11.1. The minimum absolute atomic E-state index is 0.0115. The highest BCUT2D eigenvalue weighted by Crippen LogP contribution is 2.44. The van der Waals surface area contributed by atoms with E-state index < -0.39 is 11.7 Å². The standard InChI is InChI=1S/C30H35F3N4O3/c1-39-27-17-20(29(38)37-10-8-23(9-11-37)36-12-14-40-15-13-36)3-2-19(27)16-22-18-26(34-21-4-5-21)28-24(30(31,32)33)6-7-25(28)35-22/h2-3,6,17-18,21,23H,4-5,7-16H2,1H3,(H,34,35). The van der Waals surface area contributed by atoms with Gasteiger partial charge in [-0.3, -0.25) is 14.7 Å². The molecule has 2 aliphatic heterocycles. The molecule has 214 valence electrons. The van der Waals surface area contributed by atoms with E-state index in [9.17, 15) is 18.0 Å². The first kappa shape index (κ1) is 27.1. The molecule has 4 aliphatic rings. The summed E-state index contributed by atoms with van der Waals surface area (Å²) in [5, 5.41) is 3.29. The van der Waals surface area contributed by atoms with Crippen molar-refractivity contribution in [1.82, 2.24) is 14.8 Å². The number of hydrogen-bond donors (Lipinski definition) is 1. The summed E-state index contributed by atoms with van der Waals surface area (Å²) in [4.78, 5) is 22.3. The van der Waals surface area contributed by atoms with Crippen molar-refractivity contribution in [3.8, 4) is 5.75 Å². The number of halogens is 3. The number of rotatable bonds is 7. The summed E-state index contributed by atoms with van der Waals surface area (Å²) in [7, 11) is 1.57. The van der Waals surface area contributed by atoms with Crippen LogP contribution in [0.1, 0.15) is 58.6 Å². The number of allylic oxidation sites excluding steroid dienone is 2. The van der Waals surface area contributed by atoms with Crippen LogP contribution in [0.2, 0.25) is 0 Å². The average Bonchev–Trinajstić information content (AvgIpc) is 3.67. The van der Waals surface area contributed by atoms with E-state index in [0.29, 0.717) is 53.9 Å². The topological polar surface area (TPSA) is 66.9 Å². The number of fused-ring (bicyclic) bond motifs is 1. The van der Waals surface area contributed by atoms with Crippen molar-refractivity contribution in [2.45, 2.75) is 56.8 Å². The number of ether oxygens (including phenoxy) is 2. The minimum atomic E-state index is -4.42. The molecule has 0 radical (unpaired) electrons. The van der Waals surface area contributed by atoms with E-state index in [1.165, 1.54) is 6.08 Å². The van der Waals surface area contributed by atoms with E-state index in [-0.39, 0.29) is 23.9 Å². The fourth-order valence-corrected chi connectivity index (χ4v) is 6.09. The van der Waals surface area contributed by atoms with E-state index in [1.807, 2.05) is 17.0 Å². The molecule has 7 nitrogen and oxygen atoms in total. The SMILES string of the molecule is COc1cc(C(=O)N2CCC(N3CCOCC3)CC2)ccc1Cc1cc(NC2CC2)c2c(n1)CC=C2C(F)(F)F. The number of aromatic nitrogens is 1. The summed E-state index contributed by atoms with van der Waals surface area (Å²) in [5.41, 5.74) is 2.57. The van der Waals surface area contributed by atoms with Crippen LogP contribution in [0.5, 0.6) is 5.75 Å². The average molecular weight is 557 g/mol. The molecule has 0 atom stereocenters. The predicted molar refractivity (Wildman–Crippen MR) is 146 cm³/mol. The van der Waals surface area contributed by atoms with E-state index in [1.54, 1.807) is 19.2 Å². The number of piperidine rings is 1. The van der Waals surface area contributed by atoms with Crippen LogP contribution in [-0.4, -0.2) is 85.5 Å². The number of benzene rings is 1. The number of nitrogens with zero attached hydrogens (tertiary/aromatic N) is 3. The lowest BCUT2D eigenvalue weighted by molar-refractivity contribution is -0.0687. The van der Waals surface area contributed by atoms with Crippen molar-refractivity contribution in [3.63, 3.8) is 0 Å². The second-order valence-corrected chi connectivity index (χ2v) is 11.1. The second kappa shape index (κ2) is 11.0. The van der Waals surface area contributed by atoms with Gasteiger partial charge in [0, 0.05) is 79.2 Å². The molecule has 1 amide bonds. The zero-order valence-electron chi connectivity index (χ0n) is 22.7. The summed E-state index contributed by atoms with van der Waals surface area (Å²) in [6, 6.07) is 7.88. The molecular weight excluding hydrogens is 521 g/mol. The molecule has 0 bridgehead atoms. The summed E-state index contributed by atoms with van der Waals surface area (Å²) < 4.78 is 52.2. The van der Waals surface area contributed by atoms with Crippen LogP contribution in [0.25, 0.3) is 5.57 Å². The maximum absolute atomic E-state index is 13.7. The lowest BCUT2D eigenvalue weighted by Crippen LogP contribution is -2.50. The van der Waals surface area contributed by atoms with Gasteiger partial charge in [0.25, 0.3) is 5.91 Å². The van der Waals surface area contributed by atoms with Crippen molar-refractivity contribution in [3.05, 3.63) is 58.4 Å². The molecule has 40 heavy (non-hydrogen) atoms. The number of carbonyl (C=O) groups excluding carboxylic acids is 1. The molecule has 3 fully saturated rings. The van der Waals surface area contributed by atoms with Crippen LogP contribution in [0.3, 0.4) is 0 Å². The van der Waals surface area contributed by atoms with Gasteiger partial charge in [-0.1, -0.05) is 12.1 Å². The van der Waals surface area contributed by atoms with Crippen molar-refractivity contribution >= 4 is 17.2 Å². The first-order valence-corrected chi connectivity index (χ1v) is 14.1. The number of amides is 1. The maximum atomic E-state index is 13.7. The number of nitrogens with one attached hydrogen (secondary N) is 1. The molecule has 1 N–H and O–H groups in total. The Hall–Kier alpha value is -3.11. The Labute approximate surface area is 232 Å². The summed E-state index contributed by atoms with van der Waals surface area (Å²) in [6.07, 6.45) is 1.15. The number of pyridine rings is 1. The van der Waals surface area contributed by atoms with Gasteiger partial charge in [0.15, 0.2) is 0 Å². The van der Waals surface area contributed by atoms with Gasteiger partial charge < -0.3 is 19.7 Å². The van der Waals surface area contributed by atoms with Crippen LogP contribution in [0, 0.1) is 0 Å². The van der Waals surface area contributed by atoms with Crippen molar-refractivity contribution in [2.75, 3.05) is 51.8 Å². The highest BCUT2D eigenvalue weighted by atomic mass is 19.4. The van der Waals surface area contributed by atoms with Gasteiger partial charge in [0.05, 0.1) is 31.6 Å². The normalized spacial score (nSPS) is 20.3. The summed E-state index contributed by atoms with van der Waals surface area (Å²) in [5.74, 6) is 0.560. The Morgan fingerprint density at radius 3 is 2.52 bits per heavy atom. The Morgan fingerprint density at radius 1 is 1.10 bits per heavy atom. The highest BCUT2D eigenvalue weighted by molar-refractivity contribution is 5.95. The number of methoxy groups -OCH3 is 1. The van der Waals surface area contributed by atoms with Crippen LogP contribution in [-0.2, 0) is 17.6 Å². The minimum Gasteiger partial charge on any atom is -0.496 e. The fourth-order valence-electron chi connectivity index (χ4n) is 6.09. The number of morpholine rings is 1. The lowest BCUT2D eigenvalue weighted by atomic mass is 10.00. The third kappa shape index (κ3) is 5.69. The van der Waals surface area contributed by atoms with Crippen molar-refractivity contribution < 1.29 is 27.4 Å². The van der Waals surface area contributed by atoms with Gasteiger partial charge in [0.2, 0.25) is 0 Å². The van der Waals surface area contributed by atoms with Gasteiger partial charge in [-0.25, -0.2) is 0 Å². The quantitative estimate of drug-likeness (QED) is 0.534. The van der Waals surface area contributed by atoms with E-state index in [0.717, 1.165) is 57.6 Å². The maximum Gasteiger partial charge on any atom is 0.416 e. The van der Waals surface area contributed by atoms with Crippen LogP contribution in [0.15, 0.2) is 30.3 Å². The number of alkyl halides is 3. The fraction of sp³-hybridized carbons (Fsp3) is 0.533. The van der Waals surface area contributed by atoms with Crippen LogP contribution in [0.4, 0.5) is 18.9 Å². The predicted octanol–water partition coefficient (Wildman–Crippen LogP) is 4.69. The molecule has 2 aliphatic carbocycles. The number of carbonyl (C=O) groups is 1. The van der Waals surface area contributed by atoms with Gasteiger partial charge in [-0.05, 0) is 43.9 Å². The van der Waals surface area contributed by atoms with Gasteiger partial charge in [-0.15, -0.1) is 0 Å². The number of likely N-dealkylation sites (tertiary alicyclic amines) is 1. The largest absolute Gasteiger partial charge is 0.496 e. The molecule has 3 heterocycles. The van der Waals surface area contributed by atoms with E-state index >= 15 is 0 Å². The van der Waals surface area contributed by atoms with E-state index in [2.05, 4.69) is 15.2 Å². The Morgan fingerprint density at radius 2 is 1.85 bits per heavy atom. The van der Waals surface area contributed by atoms with Gasteiger partial charge in [-0.2, -0.15) is 13.2 Å². The Balaban J connectivity index is 1.17. The third-order valence-corrected chi connectivity index (χ3v) is 8.38. The first-order valence-electron chi connectivity index (χ1n) is 14.1. The van der Waals surface area contributed by atoms with Gasteiger partial charge in [0.1, 0.15) is 5.75 Å².